The number of benzene rings is 1. The zero-order valence-corrected chi connectivity index (χ0v) is 12.8. The molecule has 20 heavy (non-hydrogen) atoms. The van der Waals surface area contributed by atoms with Gasteiger partial charge in [-0.25, -0.2) is 13.2 Å². The van der Waals surface area contributed by atoms with Crippen molar-refractivity contribution < 1.29 is 17.9 Å². The fourth-order valence-corrected chi connectivity index (χ4v) is 4.22. The number of carbonyl (C=O) groups excluding carboxylic acids is 1. The van der Waals surface area contributed by atoms with Gasteiger partial charge in [0.25, 0.3) is 0 Å². The lowest BCUT2D eigenvalue weighted by Crippen LogP contribution is -2.08. The predicted molar refractivity (Wildman–Crippen MR) is 77.7 cm³/mol. The number of methoxy groups -OCH3 is 1. The van der Waals surface area contributed by atoms with Crippen molar-refractivity contribution in [2.75, 3.05) is 7.11 Å². The Kier molecular flexibility index (Phi) is 4.25. The van der Waals surface area contributed by atoms with Crippen LogP contribution in [0.2, 0.25) is 0 Å². The third kappa shape index (κ3) is 3.08. The second kappa shape index (κ2) is 5.76. The topological polar surface area (TPSA) is 60.4 Å². The van der Waals surface area contributed by atoms with E-state index in [0.717, 1.165) is 5.56 Å². The van der Waals surface area contributed by atoms with Crippen molar-refractivity contribution in [1.29, 1.82) is 0 Å². The molecule has 0 aliphatic rings. The molecule has 0 spiro atoms. The summed E-state index contributed by atoms with van der Waals surface area (Å²) < 4.78 is 29.4. The van der Waals surface area contributed by atoms with Crippen LogP contribution in [0.4, 0.5) is 0 Å². The molecule has 106 valence electrons. The molecule has 1 heterocycles. The third-order valence-electron chi connectivity index (χ3n) is 2.81. The van der Waals surface area contributed by atoms with Crippen molar-refractivity contribution in [3.8, 4) is 0 Å². The van der Waals surface area contributed by atoms with Gasteiger partial charge in [-0.2, -0.15) is 0 Å². The second-order valence-electron chi connectivity index (χ2n) is 4.34. The molecular formula is C14H14O4S2. The lowest BCUT2D eigenvalue weighted by molar-refractivity contribution is 0.0605. The summed E-state index contributed by atoms with van der Waals surface area (Å²) in [5.74, 6) is -0.709. The Balaban J connectivity index is 2.34. The van der Waals surface area contributed by atoms with Crippen molar-refractivity contribution >= 4 is 27.1 Å². The Bertz CT molecular complexity index is 729. The highest BCUT2D eigenvalue weighted by atomic mass is 32.2. The monoisotopic (exact) mass is 310 g/mol. The molecule has 0 saturated carbocycles. The molecule has 1 aromatic carbocycles. The van der Waals surface area contributed by atoms with Crippen LogP contribution in [0.15, 0.2) is 40.6 Å². The van der Waals surface area contributed by atoms with Crippen LogP contribution in [-0.4, -0.2) is 21.5 Å². The number of carbonyl (C=O) groups is 1. The molecular weight excluding hydrogens is 296 g/mol. The minimum Gasteiger partial charge on any atom is -0.465 e. The lowest BCUT2D eigenvalue weighted by Gasteiger charge is -2.06. The predicted octanol–water partition coefficient (Wildman–Crippen LogP) is 2.82. The van der Waals surface area contributed by atoms with Gasteiger partial charge in [-0.3, -0.25) is 0 Å². The van der Waals surface area contributed by atoms with E-state index in [-0.39, 0.29) is 10.6 Å². The Morgan fingerprint density at radius 2 is 2.05 bits per heavy atom. The van der Waals surface area contributed by atoms with E-state index in [1.165, 1.54) is 18.4 Å². The van der Waals surface area contributed by atoms with Crippen LogP contribution in [0, 0.1) is 6.92 Å². The molecule has 0 amide bonds. The second-order valence-corrected chi connectivity index (χ2v) is 7.25. The first-order valence-corrected chi connectivity index (χ1v) is 8.41. The number of hydrogen-bond acceptors (Lipinski definition) is 5. The van der Waals surface area contributed by atoms with Gasteiger partial charge in [0.2, 0.25) is 0 Å². The fraction of sp³-hybridized carbons (Fsp3) is 0.214. The van der Waals surface area contributed by atoms with Crippen molar-refractivity contribution in [3.05, 3.63) is 51.7 Å². The van der Waals surface area contributed by atoms with Gasteiger partial charge < -0.3 is 4.74 Å². The van der Waals surface area contributed by atoms with Crippen molar-refractivity contribution in [2.24, 2.45) is 0 Å². The van der Waals surface area contributed by atoms with Crippen LogP contribution < -0.4 is 0 Å². The number of esters is 1. The maximum absolute atomic E-state index is 12.4. The van der Waals surface area contributed by atoms with Crippen LogP contribution >= 0.6 is 11.3 Å². The van der Waals surface area contributed by atoms with Crippen molar-refractivity contribution in [1.82, 2.24) is 0 Å². The van der Waals surface area contributed by atoms with Crippen molar-refractivity contribution in [2.45, 2.75) is 17.6 Å². The zero-order valence-electron chi connectivity index (χ0n) is 11.1. The van der Waals surface area contributed by atoms with E-state index in [0.29, 0.717) is 10.4 Å². The summed E-state index contributed by atoms with van der Waals surface area (Å²) in [6, 6.07) is 8.37. The molecule has 0 N–H and O–H groups in total. The molecule has 2 aromatic rings. The highest BCUT2D eigenvalue weighted by Crippen LogP contribution is 2.24. The normalized spacial score (nSPS) is 11.3. The molecule has 4 nitrogen and oxygen atoms in total. The van der Waals surface area contributed by atoms with Gasteiger partial charge in [-0.15, -0.1) is 11.3 Å². The molecule has 0 fully saturated rings. The maximum atomic E-state index is 12.4. The molecule has 0 saturated heterocycles. The largest absolute Gasteiger partial charge is 0.465 e. The number of thiophene rings is 1. The first kappa shape index (κ1) is 14.7. The molecule has 0 aliphatic heterocycles. The summed E-state index contributed by atoms with van der Waals surface area (Å²) in [6.45, 7) is 1.84. The van der Waals surface area contributed by atoms with Crippen LogP contribution in [0.1, 0.15) is 20.8 Å². The van der Waals surface area contributed by atoms with E-state index in [2.05, 4.69) is 4.74 Å². The van der Waals surface area contributed by atoms with Gasteiger partial charge in [0.1, 0.15) is 4.88 Å². The molecule has 2 rings (SSSR count). The van der Waals surface area contributed by atoms with Gasteiger partial charge in [-0.1, -0.05) is 12.1 Å². The first-order chi connectivity index (χ1) is 9.44. The standard InChI is InChI=1S/C14H14O4S2/c1-10-4-3-5-12(8-10)20(16,17)9-11-6-7-19-13(11)14(15)18-2/h3-8H,9H2,1-2H3. The summed E-state index contributed by atoms with van der Waals surface area (Å²) >= 11 is 1.18. The van der Waals surface area contributed by atoms with E-state index < -0.39 is 15.8 Å². The summed E-state index contributed by atoms with van der Waals surface area (Å²) in [5, 5.41) is 1.69. The fourth-order valence-electron chi connectivity index (χ4n) is 1.82. The number of rotatable bonds is 4. The number of aryl methyl sites for hydroxylation is 1. The van der Waals surface area contributed by atoms with Gasteiger partial charge >= 0.3 is 5.97 Å². The average molecular weight is 310 g/mol. The van der Waals surface area contributed by atoms with Gasteiger partial charge in [0.15, 0.2) is 9.84 Å². The van der Waals surface area contributed by atoms with Crippen LogP contribution in [0.3, 0.4) is 0 Å². The highest BCUT2D eigenvalue weighted by Gasteiger charge is 2.21. The van der Waals surface area contributed by atoms with E-state index in [9.17, 15) is 13.2 Å². The lowest BCUT2D eigenvalue weighted by atomic mass is 10.2. The number of hydrogen-bond donors (Lipinski definition) is 0. The molecule has 0 aliphatic carbocycles. The quantitative estimate of drug-likeness (QED) is 0.815. The van der Waals surface area contributed by atoms with E-state index in [4.69, 9.17) is 0 Å². The maximum Gasteiger partial charge on any atom is 0.348 e. The molecule has 0 atom stereocenters. The minimum absolute atomic E-state index is 0.204. The zero-order chi connectivity index (χ0) is 14.8. The molecule has 1 aromatic heterocycles. The minimum atomic E-state index is -3.47. The van der Waals surface area contributed by atoms with Crippen molar-refractivity contribution in [3.63, 3.8) is 0 Å². The Morgan fingerprint density at radius 3 is 2.70 bits per heavy atom. The SMILES string of the molecule is COC(=O)c1sccc1CS(=O)(=O)c1cccc(C)c1. The molecule has 6 heteroatoms. The molecule has 0 radical (unpaired) electrons. The molecule has 0 unspecified atom stereocenters. The number of sulfone groups is 1. The smallest absolute Gasteiger partial charge is 0.348 e. The Labute approximate surface area is 121 Å². The number of ether oxygens (including phenoxy) is 1. The van der Waals surface area contributed by atoms with Gasteiger partial charge in [-0.05, 0) is 41.6 Å². The van der Waals surface area contributed by atoms with E-state index in [1.807, 2.05) is 13.0 Å². The molecule has 0 bridgehead atoms. The third-order valence-corrected chi connectivity index (χ3v) is 5.41. The Hall–Kier alpha value is -1.66. The van der Waals surface area contributed by atoms with Gasteiger partial charge in [0.05, 0.1) is 17.8 Å². The summed E-state index contributed by atoms with van der Waals surface area (Å²) in [5.41, 5.74) is 1.35. The summed E-state index contributed by atoms with van der Waals surface area (Å²) in [7, 11) is -2.19. The van der Waals surface area contributed by atoms with Gasteiger partial charge in [0, 0.05) is 0 Å². The van der Waals surface area contributed by atoms with Crippen LogP contribution in [0.25, 0.3) is 0 Å². The van der Waals surface area contributed by atoms with E-state index in [1.54, 1.807) is 29.6 Å². The van der Waals surface area contributed by atoms with E-state index >= 15 is 0 Å². The first-order valence-electron chi connectivity index (χ1n) is 5.88. The highest BCUT2D eigenvalue weighted by molar-refractivity contribution is 7.90. The Morgan fingerprint density at radius 1 is 1.30 bits per heavy atom. The van der Waals surface area contributed by atoms with Crippen LogP contribution in [0.5, 0.6) is 0 Å². The summed E-state index contributed by atoms with van der Waals surface area (Å²) in [6.07, 6.45) is 0. The average Bonchev–Trinajstić information content (AvgIpc) is 2.85. The summed E-state index contributed by atoms with van der Waals surface area (Å²) in [4.78, 5) is 12.2. The van der Waals surface area contributed by atoms with Crippen LogP contribution in [-0.2, 0) is 20.3 Å².